The van der Waals surface area contributed by atoms with Crippen molar-refractivity contribution in [3.8, 4) is 0 Å². The fraction of sp³-hybridized carbons (Fsp3) is 0. The van der Waals surface area contributed by atoms with Gasteiger partial charge in [-0.05, 0) is 47.7 Å². The van der Waals surface area contributed by atoms with Crippen molar-refractivity contribution in [1.29, 1.82) is 0 Å². The number of carbonyl (C=O) groups is 1. The van der Waals surface area contributed by atoms with Crippen LogP contribution in [-0.4, -0.2) is 16.1 Å². The van der Waals surface area contributed by atoms with Gasteiger partial charge in [-0.1, -0.05) is 18.2 Å². The number of para-hydroxylation sites is 1. The number of thioether (sulfide) groups is 1. The molecule has 2 aromatic rings. The SMILES string of the molecule is O=C1NC(=Nc2ccccc2)/C(=C/c2ccncc2)S1. The molecule has 0 bridgehead atoms. The molecule has 0 atom stereocenters. The average Bonchev–Trinajstić information content (AvgIpc) is 2.81. The Labute approximate surface area is 120 Å². The van der Waals surface area contributed by atoms with Gasteiger partial charge in [-0.15, -0.1) is 0 Å². The first-order valence-corrected chi connectivity index (χ1v) is 6.87. The lowest BCUT2D eigenvalue weighted by atomic mass is 10.2. The second kappa shape index (κ2) is 5.71. The van der Waals surface area contributed by atoms with E-state index >= 15 is 0 Å². The maximum absolute atomic E-state index is 11.6. The van der Waals surface area contributed by atoms with Gasteiger partial charge < -0.3 is 5.32 Å². The third kappa shape index (κ3) is 2.95. The van der Waals surface area contributed by atoms with Crippen molar-refractivity contribution in [2.24, 2.45) is 4.99 Å². The minimum atomic E-state index is -0.111. The van der Waals surface area contributed by atoms with Gasteiger partial charge in [-0.25, -0.2) is 4.99 Å². The van der Waals surface area contributed by atoms with Crippen molar-refractivity contribution in [2.75, 3.05) is 0 Å². The molecule has 4 nitrogen and oxygen atoms in total. The molecule has 1 N–H and O–H groups in total. The maximum Gasteiger partial charge on any atom is 0.289 e. The zero-order valence-electron chi connectivity index (χ0n) is 10.5. The zero-order chi connectivity index (χ0) is 13.8. The fourth-order valence-electron chi connectivity index (χ4n) is 1.76. The van der Waals surface area contributed by atoms with Gasteiger partial charge in [0, 0.05) is 12.4 Å². The van der Waals surface area contributed by atoms with E-state index in [1.807, 2.05) is 48.5 Å². The van der Waals surface area contributed by atoms with Crippen LogP contribution < -0.4 is 5.32 Å². The lowest BCUT2D eigenvalue weighted by Crippen LogP contribution is -2.18. The van der Waals surface area contributed by atoms with Crippen molar-refractivity contribution in [1.82, 2.24) is 10.3 Å². The number of amidine groups is 1. The molecule has 0 radical (unpaired) electrons. The highest BCUT2D eigenvalue weighted by molar-refractivity contribution is 8.18. The van der Waals surface area contributed by atoms with E-state index in [0.717, 1.165) is 27.9 Å². The van der Waals surface area contributed by atoms with Crippen LogP contribution in [0.1, 0.15) is 5.56 Å². The summed E-state index contributed by atoms with van der Waals surface area (Å²) < 4.78 is 0. The van der Waals surface area contributed by atoms with E-state index in [0.29, 0.717) is 5.84 Å². The summed E-state index contributed by atoms with van der Waals surface area (Å²) in [5, 5.41) is 2.65. The fourth-order valence-corrected chi connectivity index (χ4v) is 2.49. The smallest absolute Gasteiger partial charge is 0.289 e. The van der Waals surface area contributed by atoms with Crippen LogP contribution in [0, 0.1) is 0 Å². The normalized spacial score (nSPS) is 18.5. The molecule has 0 aliphatic carbocycles. The molecule has 98 valence electrons. The quantitative estimate of drug-likeness (QED) is 0.915. The number of pyridine rings is 1. The number of nitrogens with zero attached hydrogens (tertiary/aromatic N) is 2. The number of nitrogens with one attached hydrogen (secondary N) is 1. The Bertz CT molecular complexity index is 621. The molecule has 1 saturated heterocycles. The van der Waals surface area contributed by atoms with Crippen LogP contribution in [0.4, 0.5) is 10.5 Å². The topological polar surface area (TPSA) is 54.4 Å². The first-order valence-electron chi connectivity index (χ1n) is 6.06. The Balaban J connectivity index is 1.95. The average molecular weight is 281 g/mol. The Morgan fingerprint density at radius 2 is 1.85 bits per heavy atom. The largest absolute Gasteiger partial charge is 0.300 e. The highest BCUT2D eigenvalue weighted by Gasteiger charge is 2.23. The summed E-state index contributed by atoms with van der Waals surface area (Å²) in [4.78, 5) is 20.8. The highest BCUT2D eigenvalue weighted by atomic mass is 32.2. The van der Waals surface area contributed by atoms with Crippen LogP contribution >= 0.6 is 11.8 Å². The number of aromatic nitrogens is 1. The summed E-state index contributed by atoms with van der Waals surface area (Å²) in [7, 11) is 0. The monoisotopic (exact) mass is 281 g/mol. The van der Waals surface area contributed by atoms with Crippen molar-refractivity contribution >= 4 is 34.6 Å². The van der Waals surface area contributed by atoms with Crippen molar-refractivity contribution in [3.63, 3.8) is 0 Å². The van der Waals surface area contributed by atoms with Gasteiger partial charge in [-0.3, -0.25) is 9.78 Å². The third-order valence-corrected chi connectivity index (χ3v) is 3.48. The van der Waals surface area contributed by atoms with E-state index in [9.17, 15) is 4.79 Å². The molecular formula is C15H11N3OS. The molecule has 1 aromatic carbocycles. The minimum absolute atomic E-state index is 0.111. The number of carbonyl (C=O) groups excluding carboxylic acids is 1. The number of hydrogen-bond donors (Lipinski definition) is 1. The zero-order valence-corrected chi connectivity index (χ0v) is 11.3. The van der Waals surface area contributed by atoms with Gasteiger partial charge in [0.2, 0.25) is 0 Å². The van der Waals surface area contributed by atoms with Crippen LogP contribution in [0.25, 0.3) is 6.08 Å². The molecule has 2 heterocycles. The lowest BCUT2D eigenvalue weighted by Gasteiger charge is -1.99. The van der Waals surface area contributed by atoms with E-state index in [-0.39, 0.29) is 5.24 Å². The highest BCUT2D eigenvalue weighted by Crippen LogP contribution is 2.28. The summed E-state index contributed by atoms with van der Waals surface area (Å²) in [5.41, 5.74) is 1.80. The van der Waals surface area contributed by atoms with Crippen molar-refractivity contribution in [2.45, 2.75) is 0 Å². The first-order chi connectivity index (χ1) is 9.81. The van der Waals surface area contributed by atoms with Crippen LogP contribution in [0.5, 0.6) is 0 Å². The first kappa shape index (κ1) is 12.6. The van der Waals surface area contributed by atoms with Gasteiger partial charge in [0.15, 0.2) is 0 Å². The lowest BCUT2D eigenvalue weighted by molar-refractivity contribution is 0.265. The number of rotatable bonds is 2. The molecular weight excluding hydrogens is 270 g/mol. The number of hydrogen-bond acceptors (Lipinski definition) is 4. The Kier molecular flexibility index (Phi) is 3.60. The molecule has 1 aliphatic rings. The molecule has 1 amide bonds. The summed E-state index contributed by atoms with van der Waals surface area (Å²) in [6.45, 7) is 0. The van der Waals surface area contributed by atoms with Crippen molar-refractivity contribution in [3.05, 3.63) is 65.3 Å². The van der Waals surface area contributed by atoms with Gasteiger partial charge >= 0.3 is 0 Å². The molecule has 0 spiro atoms. The molecule has 0 unspecified atom stereocenters. The van der Waals surface area contributed by atoms with E-state index in [1.165, 1.54) is 0 Å². The third-order valence-electron chi connectivity index (χ3n) is 2.66. The summed E-state index contributed by atoms with van der Waals surface area (Å²) in [5.74, 6) is 0.586. The van der Waals surface area contributed by atoms with Crippen LogP contribution in [0.15, 0.2) is 64.8 Å². The molecule has 1 aromatic heterocycles. The van der Waals surface area contributed by atoms with E-state index in [1.54, 1.807) is 12.4 Å². The Hall–Kier alpha value is -2.40. The number of amides is 1. The van der Waals surface area contributed by atoms with E-state index < -0.39 is 0 Å². The molecule has 0 saturated carbocycles. The van der Waals surface area contributed by atoms with Crippen LogP contribution in [0.3, 0.4) is 0 Å². The van der Waals surface area contributed by atoms with Gasteiger partial charge in [0.1, 0.15) is 5.84 Å². The maximum atomic E-state index is 11.6. The summed E-state index contributed by atoms with van der Waals surface area (Å²) in [6, 6.07) is 13.3. The molecule has 5 heteroatoms. The van der Waals surface area contributed by atoms with E-state index in [2.05, 4.69) is 15.3 Å². The second-order valence-electron chi connectivity index (χ2n) is 4.10. The van der Waals surface area contributed by atoms with E-state index in [4.69, 9.17) is 0 Å². The predicted molar refractivity (Wildman–Crippen MR) is 81.9 cm³/mol. The van der Waals surface area contributed by atoms with Gasteiger partial charge in [0.05, 0.1) is 10.6 Å². The minimum Gasteiger partial charge on any atom is -0.300 e. The Morgan fingerprint density at radius 3 is 2.60 bits per heavy atom. The molecule has 3 rings (SSSR count). The number of benzene rings is 1. The molecule has 1 aliphatic heterocycles. The van der Waals surface area contributed by atoms with Crippen molar-refractivity contribution < 1.29 is 4.79 Å². The van der Waals surface area contributed by atoms with Gasteiger partial charge in [-0.2, -0.15) is 0 Å². The predicted octanol–water partition coefficient (Wildman–Crippen LogP) is 3.61. The second-order valence-corrected chi connectivity index (χ2v) is 5.11. The standard InChI is InChI=1S/C15H11N3OS/c19-15-18-14(17-12-4-2-1-3-5-12)13(20-15)10-11-6-8-16-9-7-11/h1-10H,(H,17,18,19)/b13-10-. The Morgan fingerprint density at radius 1 is 1.10 bits per heavy atom. The van der Waals surface area contributed by atoms with Crippen LogP contribution in [0.2, 0.25) is 0 Å². The van der Waals surface area contributed by atoms with Gasteiger partial charge in [0.25, 0.3) is 5.24 Å². The number of aliphatic imine (C=N–C) groups is 1. The molecule has 1 fully saturated rings. The van der Waals surface area contributed by atoms with Crippen LogP contribution in [-0.2, 0) is 0 Å². The summed E-state index contributed by atoms with van der Waals surface area (Å²) >= 11 is 1.15. The molecule has 20 heavy (non-hydrogen) atoms. The summed E-state index contributed by atoms with van der Waals surface area (Å²) in [6.07, 6.45) is 5.36.